The molecule has 2 rings (SSSR count). The normalized spacial score (nSPS) is 11.6. The van der Waals surface area contributed by atoms with Gasteiger partial charge in [0.25, 0.3) is 0 Å². The van der Waals surface area contributed by atoms with Crippen molar-refractivity contribution in [1.82, 2.24) is 9.97 Å². The van der Waals surface area contributed by atoms with Gasteiger partial charge in [0, 0.05) is 18.2 Å². The third-order valence-electron chi connectivity index (χ3n) is 4.30. The van der Waals surface area contributed by atoms with Gasteiger partial charge in [0.2, 0.25) is 5.88 Å². The number of Topliss-reactive ketones (excluding diaryl/α,β-unsaturated/α-hetero) is 1. The molecule has 0 atom stereocenters. The molecule has 1 heterocycles. The summed E-state index contributed by atoms with van der Waals surface area (Å²) >= 11 is 0. The Hall–Kier alpha value is -2.28. The topological polar surface area (TPSA) is 86.2 Å². The summed E-state index contributed by atoms with van der Waals surface area (Å²) in [7, 11) is -3.00. The zero-order valence-electron chi connectivity index (χ0n) is 16.7. The molecule has 0 saturated carbocycles. The number of ether oxygens (including phenoxy) is 1. The van der Waals surface area contributed by atoms with Crippen LogP contribution in [-0.4, -0.2) is 35.2 Å². The van der Waals surface area contributed by atoms with Crippen molar-refractivity contribution in [2.45, 2.75) is 58.1 Å². The van der Waals surface area contributed by atoms with E-state index in [1.54, 1.807) is 19.9 Å². The Kier molecular flexibility index (Phi) is 8.11. The predicted molar refractivity (Wildman–Crippen MR) is 109 cm³/mol. The van der Waals surface area contributed by atoms with Gasteiger partial charge < -0.3 is 4.74 Å². The summed E-state index contributed by atoms with van der Waals surface area (Å²) in [5.74, 6) is 1.76. The Morgan fingerprint density at radius 3 is 2.46 bits per heavy atom. The molecule has 0 spiro atoms. The minimum absolute atomic E-state index is 0.0444. The van der Waals surface area contributed by atoms with Crippen LogP contribution in [0, 0.1) is 6.92 Å². The van der Waals surface area contributed by atoms with E-state index < -0.39 is 9.84 Å². The second kappa shape index (κ2) is 10.3. The van der Waals surface area contributed by atoms with E-state index in [0.717, 1.165) is 5.69 Å². The molecule has 0 aliphatic rings. The van der Waals surface area contributed by atoms with E-state index in [4.69, 9.17) is 4.74 Å². The number of para-hydroxylation sites is 1. The minimum Gasteiger partial charge on any atom is -0.439 e. The Morgan fingerprint density at radius 1 is 1.07 bits per heavy atom. The van der Waals surface area contributed by atoms with Crippen molar-refractivity contribution < 1.29 is 17.9 Å². The van der Waals surface area contributed by atoms with Crippen molar-refractivity contribution in [2.24, 2.45) is 0 Å². The lowest BCUT2D eigenvalue weighted by Crippen LogP contribution is -2.17. The number of hydrogen-bond acceptors (Lipinski definition) is 6. The van der Waals surface area contributed by atoms with Gasteiger partial charge in [-0.25, -0.2) is 13.4 Å². The SMILES string of the molecule is Cc1cc(Oc2ccccc2)nc(CC(=O)CCCCCS(=O)(=O)C(C)C)n1. The average Bonchev–Trinajstić information content (AvgIpc) is 2.61. The molecule has 0 unspecified atom stereocenters. The summed E-state index contributed by atoms with van der Waals surface area (Å²) in [4.78, 5) is 20.9. The molecule has 0 fully saturated rings. The standard InChI is InChI=1S/C21H28N2O4S/c1-16(2)28(25,26)13-9-5-6-10-18(24)15-20-22-17(3)14-21(23-20)27-19-11-7-4-8-12-19/h4,7-8,11-12,14,16H,5-6,9-10,13,15H2,1-3H3. The first-order chi connectivity index (χ1) is 13.3. The number of nitrogens with zero attached hydrogens (tertiary/aromatic N) is 2. The van der Waals surface area contributed by atoms with Gasteiger partial charge in [0.05, 0.1) is 17.4 Å². The first kappa shape index (κ1) is 22.0. The van der Waals surface area contributed by atoms with E-state index in [2.05, 4.69) is 9.97 Å². The molecule has 6 nitrogen and oxygen atoms in total. The Bertz CT molecular complexity index is 881. The molecule has 0 aliphatic carbocycles. The van der Waals surface area contributed by atoms with Crippen molar-refractivity contribution in [3.63, 3.8) is 0 Å². The molecule has 1 aromatic carbocycles. The van der Waals surface area contributed by atoms with Gasteiger partial charge in [-0.05, 0) is 45.7 Å². The number of aryl methyl sites for hydroxylation is 1. The fourth-order valence-corrected chi connectivity index (χ4v) is 3.72. The highest BCUT2D eigenvalue weighted by Gasteiger charge is 2.15. The predicted octanol–water partition coefficient (Wildman–Crippen LogP) is 4.07. The van der Waals surface area contributed by atoms with Crippen molar-refractivity contribution in [2.75, 3.05) is 5.75 Å². The van der Waals surface area contributed by atoms with Gasteiger partial charge in [0.15, 0.2) is 9.84 Å². The second-order valence-electron chi connectivity index (χ2n) is 7.12. The van der Waals surface area contributed by atoms with Crippen LogP contribution in [0.4, 0.5) is 0 Å². The summed E-state index contributed by atoms with van der Waals surface area (Å²) in [6.07, 6.45) is 2.52. The van der Waals surface area contributed by atoms with Gasteiger partial charge in [-0.3, -0.25) is 4.79 Å². The van der Waals surface area contributed by atoms with E-state index >= 15 is 0 Å². The van der Waals surface area contributed by atoms with E-state index in [9.17, 15) is 13.2 Å². The highest BCUT2D eigenvalue weighted by Crippen LogP contribution is 2.19. The number of hydrogen-bond donors (Lipinski definition) is 0. The lowest BCUT2D eigenvalue weighted by molar-refractivity contribution is -0.118. The third-order valence-corrected chi connectivity index (χ3v) is 6.59. The summed E-state index contributed by atoms with van der Waals surface area (Å²) < 4.78 is 29.3. The van der Waals surface area contributed by atoms with Crippen molar-refractivity contribution >= 4 is 15.6 Å². The van der Waals surface area contributed by atoms with Crippen LogP contribution in [-0.2, 0) is 21.1 Å². The van der Waals surface area contributed by atoms with Gasteiger partial charge in [-0.1, -0.05) is 24.6 Å². The van der Waals surface area contributed by atoms with Crippen LogP contribution in [0.3, 0.4) is 0 Å². The van der Waals surface area contributed by atoms with Gasteiger partial charge in [-0.2, -0.15) is 4.98 Å². The molecule has 0 radical (unpaired) electrons. The maximum atomic E-state index is 12.2. The van der Waals surface area contributed by atoms with E-state index in [1.165, 1.54) is 0 Å². The molecule has 28 heavy (non-hydrogen) atoms. The van der Waals surface area contributed by atoms with Gasteiger partial charge >= 0.3 is 0 Å². The molecule has 0 aliphatic heterocycles. The first-order valence-electron chi connectivity index (χ1n) is 9.57. The Morgan fingerprint density at radius 2 is 1.79 bits per heavy atom. The van der Waals surface area contributed by atoms with Crippen molar-refractivity contribution in [3.05, 3.63) is 47.9 Å². The lowest BCUT2D eigenvalue weighted by Gasteiger charge is -2.08. The number of carbonyl (C=O) groups is 1. The summed E-state index contributed by atoms with van der Waals surface area (Å²) in [6, 6.07) is 11.1. The first-order valence-corrected chi connectivity index (χ1v) is 11.3. The molecule has 7 heteroatoms. The second-order valence-corrected chi connectivity index (χ2v) is 9.80. The fourth-order valence-electron chi connectivity index (χ4n) is 2.64. The maximum absolute atomic E-state index is 12.2. The number of unbranched alkanes of at least 4 members (excludes halogenated alkanes) is 2. The molecule has 0 N–H and O–H groups in total. The van der Waals surface area contributed by atoms with Crippen molar-refractivity contribution in [3.8, 4) is 11.6 Å². The maximum Gasteiger partial charge on any atom is 0.222 e. The van der Waals surface area contributed by atoms with Crippen molar-refractivity contribution in [1.29, 1.82) is 0 Å². The largest absolute Gasteiger partial charge is 0.439 e. The Labute approximate surface area is 167 Å². The number of carbonyl (C=O) groups excluding carboxylic acids is 1. The minimum atomic E-state index is -3.00. The van der Waals surface area contributed by atoms with E-state index in [0.29, 0.717) is 43.1 Å². The molecule has 2 aromatic rings. The molecule has 0 amide bonds. The monoisotopic (exact) mass is 404 g/mol. The number of benzene rings is 1. The number of aromatic nitrogens is 2. The van der Waals surface area contributed by atoms with Gasteiger partial charge in [-0.15, -0.1) is 0 Å². The molecular weight excluding hydrogens is 376 g/mol. The van der Waals surface area contributed by atoms with Gasteiger partial charge in [0.1, 0.15) is 17.4 Å². The third kappa shape index (κ3) is 7.38. The number of sulfone groups is 1. The average molecular weight is 405 g/mol. The van der Waals surface area contributed by atoms with E-state index in [1.807, 2.05) is 37.3 Å². The van der Waals surface area contributed by atoms with Crippen LogP contribution < -0.4 is 4.74 Å². The lowest BCUT2D eigenvalue weighted by atomic mass is 10.1. The molecular formula is C21H28N2O4S. The fraction of sp³-hybridized carbons (Fsp3) is 0.476. The summed E-state index contributed by atoms with van der Waals surface area (Å²) in [6.45, 7) is 5.22. The van der Waals surface area contributed by atoms with E-state index in [-0.39, 0.29) is 23.2 Å². The van der Waals surface area contributed by atoms with Crippen LogP contribution in [0.1, 0.15) is 51.0 Å². The smallest absolute Gasteiger partial charge is 0.222 e. The quantitative estimate of drug-likeness (QED) is 0.525. The van der Waals surface area contributed by atoms with Crippen LogP contribution in [0.2, 0.25) is 0 Å². The molecule has 0 saturated heterocycles. The Balaban J connectivity index is 1.82. The summed E-state index contributed by atoms with van der Waals surface area (Å²) in [5, 5.41) is -0.347. The zero-order chi connectivity index (χ0) is 20.6. The molecule has 1 aromatic heterocycles. The van der Waals surface area contributed by atoms with Crippen LogP contribution in [0.5, 0.6) is 11.6 Å². The highest BCUT2D eigenvalue weighted by molar-refractivity contribution is 7.91. The number of rotatable bonds is 11. The molecule has 152 valence electrons. The van der Waals surface area contributed by atoms with Crippen LogP contribution in [0.25, 0.3) is 0 Å². The molecule has 0 bridgehead atoms. The van der Waals surface area contributed by atoms with Crippen LogP contribution in [0.15, 0.2) is 36.4 Å². The zero-order valence-corrected chi connectivity index (χ0v) is 17.5. The summed E-state index contributed by atoms with van der Waals surface area (Å²) in [5.41, 5.74) is 0.739. The van der Waals surface area contributed by atoms with Crippen LogP contribution >= 0.6 is 0 Å². The number of ketones is 1. The highest BCUT2D eigenvalue weighted by atomic mass is 32.2.